The van der Waals surface area contributed by atoms with Gasteiger partial charge in [-0.25, -0.2) is 0 Å². The molecule has 78 valence electrons. The van der Waals surface area contributed by atoms with Gasteiger partial charge in [0.25, 0.3) is 0 Å². The van der Waals surface area contributed by atoms with Crippen molar-refractivity contribution in [3.8, 4) is 0 Å². The van der Waals surface area contributed by atoms with E-state index in [9.17, 15) is 0 Å². The predicted octanol–water partition coefficient (Wildman–Crippen LogP) is 3.20. The molecule has 0 radical (unpaired) electrons. The molecule has 0 amide bonds. The fourth-order valence-corrected chi connectivity index (χ4v) is 2.49. The van der Waals surface area contributed by atoms with Crippen LogP contribution in [-0.4, -0.2) is 13.6 Å². The summed E-state index contributed by atoms with van der Waals surface area (Å²) in [6.45, 7) is 3.66. The van der Waals surface area contributed by atoms with Crippen LogP contribution in [-0.2, 0) is 0 Å². The van der Waals surface area contributed by atoms with Crippen LogP contribution in [0.4, 0.5) is 0 Å². The molecule has 2 atom stereocenters. The topological polar surface area (TPSA) is 12.0 Å². The summed E-state index contributed by atoms with van der Waals surface area (Å²) >= 11 is 0. The number of rotatable bonds is 2. The van der Waals surface area contributed by atoms with Gasteiger partial charge in [-0.3, -0.25) is 0 Å². The summed E-state index contributed by atoms with van der Waals surface area (Å²) < 4.78 is 0. The summed E-state index contributed by atoms with van der Waals surface area (Å²) in [7, 11) is 2.08. The lowest BCUT2D eigenvalue weighted by Crippen LogP contribution is -2.24. The molecule has 1 N–H and O–H groups in total. The molecular formula is C12H25N. The number of hydrogen-bond donors (Lipinski definition) is 1. The lowest BCUT2D eigenvalue weighted by atomic mass is 9.87. The summed E-state index contributed by atoms with van der Waals surface area (Å²) in [5.41, 5.74) is 0. The van der Waals surface area contributed by atoms with Crippen molar-refractivity contribution in [2.75, 3.05) is 13.6 Å². The Labute approximate surface area is 83.3 Å². The zero-order valence-corrected chi connectivity index (χ0v) is 9.31. The molecule has 1 unspecified atom stereocenters. The number of hydrogen-bond acceptors (Lipinski definition) is 1. The lowest BCUT2D eigenvalue weighted by molar-refractivity contribution is 0.306. The summed E-state index contributed by atoms with van der Waals surface area (Å²) in [5, 5.41) is 3.34. The van der Waals surface area contributed by atoms with Crippen LogP contribution in [0.3, 0.4) is 0 Å². The maximum atomic E-state index is 3.34. The molecule has 1 rings (SSSR count). The van der Waals surface area contributed by atoms with Gasteiger partial charge in [-0.15, -0.1) is 0 Å². The zero-order valence-electron chi connectivity index (χ0n) is 9.31. The standard InChI is InChI=1S/C12H25N/c1-11-8-6-4-3-5-7-9-12(11)10-13-2/h11-13H,3-10H2,1-2H3/t11?,12-/m0/s1. The summed E-state index contributed by atoms with van der Waals surface area (Å²) in [6.07, 6.45) is 10.2. The fourth-order valence-electron chi connectivity index (χ4n) is 2.49. The molecule has 0 aliphatic heterocycles. The average molecular weight is 183 g/mol. The van der Waals surface area contributed by atoms with E-state index in [0.717, 1.165) is 11.8 Å². The van der Waals surface area contributed by atoms with Crippen molar-refractivity contribution in [1.82, 2.24) is 5.32 Å². The summed E-state index contributed by atoms with van der Waals surface area (Å²) in [5.74, 6) is 1.87. The first-order valence-corrected chi connectivity index (χ1v) is 5.99. The quantitative estimate of drug-likeness (QED) is 0.693. The van der Waals surface area contributed by atoms with Crippen LogP contribution in [0.15, 0.2) is 0 Å². The summed E-state index contributed by atoms with van der Waals surface area (Å²) in [4.78, 5) is 0. The molecular weight excluding hydrogens is 158 g/mol. The van der Waals surface area contributed by atoms with Gasteiger partial charge in [0, 0.05) is 0 Å². The Morgan fingerprint density at radius 1 is 1.00 bits per heavy atom. The molecule has 1 nitrogen and oxygen atoms in total. The molecule has 0 aromatic rings. The Hall–Kier alpha value is -0.0400. The molecule has 0 aromatic carbocycles. The zero-order chi connectivity index (χ0) is 9.52. The maximum Gasteiger partial charge on any atom is -0.00210 e. The highest BCUT2D eigenvalue weighted by Gasteiger charge is 2.16. The molecule has 0 heterocycles. The molecule has 1 heteroatoms. The van der Waals surface area contributed by atoms with Gasteiger partial charge >= 0.3 is 0 Å². The van der Waals surface area contributed by atoms with Crippen molar-refractivity contribution in [2.45, 2.75) is 51.9 Å². The molecule has 1 aliphatic rings. The first-order chi connectivity index (χ1) is 6.34. The van der Waals surface area contributed by atoms with Crippen molar-refractivity contribution in [3.63, 3.8) is 0 Å². The van der Waals surface area contributed by atoms with E-state index in [4.69, 9.17) is 0 Å². The second-order valence-corrected chi connectivity index (χ2v) is 4.64. The Kier molecular flexibility index (Phi) is 5.45. The second-order valence-electron chi connectivity index (χ2n) is 4.64. The summed E-state index contributed by atoms with van der Waals surface area (Å²) in [6, 6.07) is 0. The van der Waals surface area contributed by atoms with E-state index in [0.29, 0.717) is 0 Å². The van der Waals surface area contributed by atoms with Gasteiger partial charge in [0.05, 0.1) is 0 Å². The van der Waals surface area contributed by atoms with Crippen LogP contribution in [0.5, 0.6) is 0 Å². The Morgan fingerprint density at radius 2 is 1.62 bits per heavy atom. The monoisotopic (exact) mass is 183 g/mol. The minimum atomic E-state index is 0.933. The molecule has 0 bridgehead atoms. The van der Waals surface area contributed by atoms with E-state index in [1.807, 2.05) is 0 Å². The van der Waals surface area contributed by atoms with Gasteiger partial charge in [-0.2, -0.15) is 0 Å². The van der Waals surface area contributed by atoms with Crippen LogP contribution >= 0.6 is 0 Å². The van der Waals surface area contributed by atoms with Crippen molar-refractivity contribution in [1.29, 1.82) is 0 Å². The van der Waals surface area contributed by atoms with Crippen molar-refractivity contribution in [2.24, 2.45) is 11.8 Å². The van der Waals surface area contributed by atoms with Gasteiger partial charge in [0.2, 0.25) is 0 Å². The van der Waals surface area contributed by atoms with E-state index in [1.54, 1.807) is 0 Å². The highest BCUT2D eigenvalue weighted by Crippen LogP contribution is 2.26. The first kappa shape index (κ1) is 11.0. The van der Waals surface area contributed by atoms with Crippen LogP contribution in [0.25, 0.3) is 0 Å². The Morgan fingerprint density at radius 3 is 2.31 bits per heavy atom. The van der Waals surface area contributed by atoms with Crippen molar-refractivity contribution >= 4 is 0 Å². The van der Waals surface area contributed by atoms with Crippen LogP contribution in [0.1, 0.15) is 51.9 Å². The first-order valence-electron chi connectivity index (χ1n) is 5.99. The van der Waals surface area contributed by atoms with Crippen LogP contribution < -0.4 is 5.32 Å². The van der Waals surface area contributed by atoms with E-state index >= 15 is 0 Å². The normalized spacial score (nSPS) is 31.8. The Balaban J connectivity index is 2.35. The number of nitrogens with one attached hydrogen (secondary N) is 1. The maximum absolute atomic E-state index is 3.34. The molecule has 1 aliphatic carbocycles. The average Bonchev–Trinajstić information content (AvgIpc) is 2.21. The lowest BCUT2D eigenvalue weighted by Gasteiger charge is -2.22. The highest BCUT2D eigenvalue weighted by molar-refractivity contribution is 4.70. The van der Waals surface area contributed by atoms with E-state index < -0.39 is 0 Å². The minimum Gasteiger partial charge on any atom is -0.319 e. The van der Waals surface area contributed by atoms with E-state index in [1.165, 1.54) is 51.5 Å². The predicted molar refractivity (Wildman–Crippen MR) is 58.9 cm³/mol. The third kappa shape index (κ3) is 4.12. The van der Waals surface area contributed by atoms with Crippen LogP contribution in [0, 0.1) is 11.8 Å². The Bertz CT molecular complexity index is 122. The molecule has 1 fully saturated rings. The highest BCUT2D eigenvalue weighted by atomic mass is 14.8. The largest absolute Gasteiger partial charge is 0.319 e. The van der Waals surface area contributed by atoms with Gasteiger partial charge in [0.1, 0.15) is 0 Å². The van der Waals surface area contributed by atoms with Gasteiger partial charge < -0.3 is 5.32 Å². The van der Waals surface area contributed by atoms with E-state index in [2.05, 4.69) is 19.3 Å². The van der Waals surface area contributed by atoms with Crippen molar-refractivity contribution < 1.29 is 0 Å². The van der Waals surface area contributed by atoms with Crippen molar-refractivity contribution in [3.05, 3.63) is 0 Å². The van der Waals surface area contributed by atoms with E-state index in [-0.39, 0.29) is 0 Å². The SMILES string of the molecule is CNC[C@@H]1CCCCCCCC1C. The molecule has 0 saturated heterocycles. The molecule has 0 aromatic heterocycles. The third-order valence-electron chi connectivity index (χ3n) is 3.51. The molecule has 13 heavy (non-hydrogen) atoms. The fraction of sp³-hybridized carbons (Fsp3) is 1.00. The third-order valence-corrected chi connectivity index (χ3v) is 3.51. The second kappa shape index (κ2) is 6.42. The van der Waals surface area contributed by atoms with Gasteiger partial charge in [0.15, 0.2) is 0 Å². The van der Waals surface area contributed by atoms with Crippen LogP contribution in [0.2, 0.25) is 0 Å². The van der Waals surface area contributed by atoms with Gasteiger partial charge in [-0.1, -0.05) is 45.4 Å². The van der Waals surface area contributed by atoms with Gasteiger partial charge in [-0.05, 0) is 31.8 Å². The minimum absolute atomic E-state index is 0.933. The smallest absolute Gasteiger partial charge is 0.00210 e. The molecule has 0 spiro atoms. The molecule has 1 saturated carbocycles.